The maximum absolute atomic E-state index is 15.7. The maximum atomic E-state index is 15.7. The molecule has 5 heteroatoms. The minimum Gasteiger partial charge on any atom is -0.393 e. The molecular formula is C24H27FN2O2. The second-order valence-electron chi connectivity index (χ2n) is 7.99. The summed E-state index contributed by atoms with van der Waals surface area (Å²) in [6.07, 6.45) is 1.12. The van der Waals surface area contributed by atoms with Gasteiger partial charge in [0.25, 0.3) is 0 Å². The van der Waals surface area contributed by atoms with E-state index in [0.29, 0.717) is 38.0 Å². The lowest BCUT2D eigenvalue weighted by Gasteiger charge is -2.30. The van der Waals surface area contributed by atoms with Crippen LogP contribution in [0.3, 0.4) is 0 Å². The van der Waals surface area contributed by atoms with Crippen molar-refractivity contribution < 1.29 is 14.2 Å². The summed E-state index contributed by atoms with van der Waals surface area (Å²) in [6.45, 7) is 2.59. The Balaban J connectivity index is 1.77. The van der Waals surface area contributed by atoms with Crippen molar-refractivity contribution in [2.24, 2.45) is 0 Å². The summed E-state index contributed by atoms with van der Waals surface area (Å²) in [5.74, 6) is 0. The van der Waals surface area contributed by atoms with Crippen LogP contribution in [0.15, 0.2) is 54.6 Å². The van der Waals surface area contributed by atoms with Gasteiger partial charge >= 0.3 is 0 Å². The smallest absolute Gasteiger partial charge is 0.154 e. The summed E-state index contributed by atoms with van der Waals surface area (Å²) in [5.41, 5.74) is 3.93. The average Bonchev–Trinajstić information content (AvgIpc) is 3.18. The third kappa shape index (κ3) is 4.11. The summed E-state index contributed by atoms with van der Waals surface area (Å²) < 4.78 is 22.7. The summed E-state index contributed by atoms with van der Waals surface area (Å²) in [5, 5.41) is 14.5. The normalized spacial score (nSPS) is 22.0. The van der Waals surface area contributed by atoms with Crippen molar-refractivity contribution in [3.63, 3.8) is 0 Å². The van der Waals surface area contributed by atoms with Gasteiger partial charge < -0.3 is 9.84 Å². The van der Waals surface area contributed by atoms with Crippen LogP contribution in [0.2, 0.25) is 0 Å². The number of ether oxygens (including phenoxy) is 1. The van der Waals surface area contributed by atoms with E-state index in [1.54, 1.807) is 7.11 Å². The number of alkyl halides is 1. The Hall–Kier alpha value is -2.50. The number of hydrogen-bond acceptors (Lipinski definition) is 3. The molecule has 4 nitrogen and oxygen atoms in total. The summed E-state index contributed by atoms with van der Waals surface area (Å²) >= 11 is 0. The van der Waals surface area contributed by atoms with Gasteiger partial charge in [0.2, 0.25) is 0 Å². The first-order chi connectivity index (χ1) is 14.0. The lowest BCUT2D eigenvalue weighted by molar-refractivity contribution is 0.0283. The molecule has 1 heterocycles. The predicted molar refractivity (Wildman–Crippen MR) is 112 cm³/mol. The van der Waals surface area contributed by atoms with Crippen LogP contribution in [-0.2, 0) is 17.0 Å². The zero-order valence-electron chi connectivity index (χ0n) is 16.9. The van der Waals surface area contributed by atoms with E-state index < -0.39 is 11.8 Å². The highest BCUT2D eigenvalue weighted by Gasteiger charge is 2.39. The number of nitrogens with zero attached hydrogens (tertiary/aromatic N) is 2. The van der Waals surface area contributed by atoms with E-state index >= 15 is 4.39 Å². The molecule has 1 aromatic heterocycles. The fourth-order valence-electron chi connectivity index (χ4n) is 3.94. The van der Waals surface area contributed by atoms with Crippen molar-refractivity contribution in [3.8, 4) is 16.9 Å². The molecule has 152 valence electrons. The topological polar surface area (TPSA) is 47.3 Å². The van der Waals surface area contributed by atoms with Gasteiger partial charge in [-0.05, 0) is 56.4 Å². The molecule has 0 unspecified atom stereocenters. The number of hydrogen-bond donors (Lipinski definition) is 1. The Morgan fingerprint density at radius 3 is 2.38 bits per heavy atom. The van der Waals surface area contributed by atoms with Gasteiger partial charge in [0, 0.05) is 12.7 Å². The molecule has 4 rings (SSSR count). The van der Waals surface area contributed by atoms with Crippen LogP contribution in [0.1, 0.15) is 42.5 Å². The lowest BCUT2D eigenvalue weighted by atomic mass is 9.82. The SMILES string of the molecule is COCc1ccc(-n2nc(C3(F)CCC(O)CC3)cc2-c2ccc(C)cc2)cc1. The first kappa shape index (κ1) is 19.8. The van der Waals surface area contributed by atoms with Crippen LogP contribution in [-0.4, -0.2) is 28.1 Å². The molecular weight excluding hydrogens is 367 g/mol. The fraction of sp³-hybridized carbons (Fsp3) is 0.375. The van der Waals surface area contributed by atoms with Crippen molar-refractivity contribution in [1.29, 1.82) is 0 Å². The van der Waals surface area contributed by atoms with Gasteiger partial charge in [-0.3, -0.25) is 0 Å². The zero-order valence-corrected chi connectivity index (χ0v) is 16.9. The molecule has 0 spiro atoms. The van der Waals surface area contributed by atoms with Gasteiger partial charge in [-0.2, -0.15) is 5.10 Å². The number of aliphatic hydroxyl groups excluding tert-OH is 1. The van der Waals surface area contributed by atoms with Crippen molar-refractivity contribution in [2.75, 3.05) is 7.11 Å². The molecule has 2 aromatic carbocycles. The largest absolute Gasteiger partial charge is 0.393 e. The molecule has 1 aliphatic rings. The number of aliphatic hydroxyl groups is 1. The Bertz CT molecular complexity index is 956. The van der Waals surface area contributed by atoms with E-state index in [0.717, 1.165) is 22.5 Å². The molecule has 0 atom stereocenters. The van der Waals surface area contributed by atoms with Gasteiger partial charge in [-0.25, -0.2) is 9.07 Å². The highest BCUT2D eigenvalue weighted by atomic mass is 19.1. The summed E-state index contributed by atoms with van der Waals surface area (Å²) in [6, 6.07) is 18.0. The van der Waals surface area contributed by atoms with Gasteiger partial charge in [0.1, 0.15) is 5.69 Å². The van der Waals surface area contributed by atoms with Gasteiger partial charge in [0.15, 0.2) is 5.67 Å². The molecule has 29 heavy (non-hydrogen) atoms. The van der Waals surface area contributed by atoms with Crippen molar-refractivity contribution in [2.45, 2.75) is 51.0 Å². The summed E-state index contributed by atoms with van der Waals surface area (Å²) in [7, 11) is 1.67. The number of rotatable bonds is 5. The third-order valence-corrected chi connectivity index (χ3v) is 5.76. The van der Waals surface area contributed by atoms with Crippen LogP contribution in [0.4, 0.5) is 4.39 Å². The Kier molecular flexibility index (Phi) is 5.52. The average molecular weight is 394 g/mol. The number of aryl methyl sites for hydroxylation is 1. The van der Waals surface area contributed by atoms with Crippen molar-refractivity contribution in [1.82, 2.24) is 9.78 Å². The van der Waals surface area contributed by atoms with Gasteiger partial charge in [0.05, 0.1) is 24.1 Å². The second kappa shape index (κ2) is 8.09. The lowest BCUT2D eigenvalue weighted by Crippen LogP contribution is -2.30. The molecule has 0 saturated heterocycles. The monoisotopic (exact) mass is 394 g/mol. The molecule has 0 aliphatic heterocycles. The van der Waals surface area contributed by atoms with E-state index in [9.17, 15) is 5.11 Å². The van der Waals surface area contributed by atoms with Gasteiger partial charge in [-0.15, -0.1) is 0 Å². The Morgan fingerprint density at radius 2 is 1.76 bits per heavy atom. The minimum absolute atomic E-state index is 0.297. The Morgan fingerprint density at radius 1 is 1.10 bits per heavy atom. The maximum Gasteiger partial charge on any atom is 0.154 e. The van der Waals surface area contributed by atoms with E-state index in [1.807, 2.05) is 54.1 Å². The highest BCUT2D eigenvalue weighted by Crippen LogP contribution is 2.41. The van der Waals surface area contributed by atoms with Crippen LogP contribution in [0.25, 0.3) is 16.9 Å². The summed E-state index contributed by atoms with van der Waals surface area (Å²) in [4.78, 5) is 0. The third-order valence-electron chi connectivity index (χ3n) is 5.76. The van der Waals surface area contributed by atoms with Crippen molar-refractivity contribution >= 4 is 0 Å². The van der Waals surface area contributed by atoms with Crippen LogP contribution in [0, 0.1) is 6.92 Å². The molecule has 3 aromatic rings. The van der Waals surface area contributed by atoms with E-state index in [1.165, 1.54) is 5.56 Å². The van der Waals surface area contributed by atoms with Crippen LogP contribution in [0.5, 0.6) is 0 Å². The quantitative estimate of drug-likeness (QED) is 0.655. The molecule has 1 fully saturated rings. The van der Waals surface area contributed by atoms with Gasteiger partial charge in [-0.1, -0.05) is 42.0 Å². The molecule has 1 N–H and O–H groups in total. The molecule has 0 radical (unpaired) electrons. The molecule has 0 amide bonds. The minimum atomic E-state index is -1.50. The molecule has 1 aliphatic carbocycles. The van der Waals surface area contributed by atoms with E-state index in [-0.39, 0.29) is 0 Å². The van der Waals surface area contributed by atoms with Crippen LogP contribution >= 0.6 is 0 Å². The standard InChI is InChI=1S/C24H27FN2O2/c1-17-3-7-19(8-4-17)22-15-23(24(25)13-11-21(28)12-14-24)26-27(22)20-9-5-18(6-10-20)16-29-2/h3-10,15,21,28H,11-14,16H2,1-2H3. The first-order valence-electron chi connectivity index (χ1n) is 10.1. The van der Waals surface area contributed by atoms with Crippen molar-refractivity contribution in [3.05, 3.63) is 71.4 Å². The van der Waals surface area contributed by atoms with E-state index in [2.05, 4.69) is 12.1 Å². The molecule has 1 saturated carbocycles. The molecule has 0 bridgehead atoms. The number of halogens is 1. The van der Waals surface area contributed by atoms with E-state index in [4.69, 9.17) is 9.84 Å². The number of methoxy groups -OCH3 is 1. The fourth-order valence-corrected chi connectivity index (χ4v) is 3.94. The first-order valence-corrected chi connectivity index (χ1v) is 10.1. The second-order valence-corrected chi connectivity index (χ2v) is 7.99. The zero-order chi connectivity index (χ0) is 20.4. The number of benzene rings is 2. The Labute approximate surface area is 171 Å². The predicted octanol–water partition coefficient (Wildman–Crippen LogP) is 5.09. The van der Waals surface area contributed by atoms with Crippen LogP contribution < -0.4 is 0 Å². The number of aromatic nitrogens is 2. The highest BCUT2D eigenvalue weighted by molar-refractivity contribution is 5.63.